The predicted octanol–water partition coefficient (Wildman–Crippen LogP) is 2.62. The molecule has 0 bridgehead atoms. The normalized spacial score (nSPS) is 44.1. The zero-order chi connectivity index (χ0) is 13.5. The van der Waals surface area contributed by atoms with Gasteiger partial charge in [0.2, 0.25) is 0 Å². The van der Waals surface area contributed by atoms with E-state index < -0.39 is 23.3 Å². The number of carbonyl (C=O) groups is 2. The fourth-order valence-electron chi connectivity index (χ4n) is 4.33. The number of carboxylic acid groups (broad SMARTS) is 2. The maximum Gasteiger partial charge on any atom is 0.309 e. The van der Waals surface area contributed by atoms with Crippen LogP contribution in [0.1, 0.15) is 46.0 Å². The summed E-state index contributed by atoms with van der Waals surface area (Å²) in [5.41, 5.74) is -0.855. The maximum absolute atomic E-state index is 11.6. The Kier molecular flexibility index (Phi) is 3.39. The van der Waals surface area contributed by atoms with Gasteiger partial charge in [-0.15, -0.1) is 0 Å². The molecule has 102 valence electrons. The molecule has 0 aromatic rings. The Labute approximate surface area is 107 Å². The lowest BCUT2D eigenvalue weighted by Gasteiger charge is -2.50. The largest absolute Gasteiger partial charge is 0.481 e. The van der Waals surface area contributed by atoms with Crippen molar-refractivity contribution in [1.29, 1.82) is 0 Å². The first-order chi connectivity index (χ1) is 8.36. The summed E-state index contributed by atoms with van der Waals surface area (Å²) in [5, 5.41) is 18.9. The van der Waals surface area contributed by atoms with Crippen molar-refractivity contribution in [2.75, 3.05) is 0 Å². The summed E-state index contributed by atoms with van der Waals surface area (Å²) in [5.74, 6) is -1.66. The van der Waals surface area contributed by atoms with Gasteiger partial charge in [0.25, 0.3) is 0 Å². The molecule has 2 aliphatic carbocycles. The molecule has 0 saturated heterocycles. The molecule has 5 atom stereocenters. The van der Waals surface area contributed by atoms with E-state index in [1.807, 2.05) is 0 Å². The van der Waals surface area contributed by atoms with Gasteiger partial charge in [-0.25, -0.2) is 0 Å². The third kappa shape index (κ3) is 2.02. The van der Waals surface area contributed by atoms with E-state index in [4.69, 9.17) is 0 Å². The Bertz CT molecular complexity index is 365. The molecule has 0 heterocycles. The molecule has 2 aliphatic rings. The second kappa shape index (κ2) is 4.56. The van der Waals surface area contributed by atoms with E-state index in [9.17, 15) is 19.8 Å². The van der Waals surface area contributed by atoms with Crippen LogP contribution in [0.2, 0.25) is 0 Å². The minimum Gasteiger partial charge on any atom is -0.481 e. The molecule has 0 aromatic carbocycles. The summed E-state index contributed by atoms with van der Waals surface area (Å²) in [4.78, 5) is 23.1. The minimum atomic E-state index is -0.855. The lowest BCUT2D eigenvalue weighted by atomic mass is 9.53. The van der Waals surface area contributed by atoms with Crippen LogP contribution in [0.5, 0.6) is 0 Å². The highest BCUT2D eigenvalue weighted by Crippen LogP contribution is 2.54. The summed E-state index contributed by atoms with van der Waals surface area (Å²) >= 11 is 0. The number of hydrogen-bond donors (Lipinski definition) is 2. The Morgan fingerprint density at radius 1 is 1.22 bits per heavy atom. The van der Waals surface area contributed by atoms with E-state index in [1.165, 1.54) is 0 Å². The van der Waals surface area contributed by atoms with Crippen molar-refractivity contribution in [3.63, 3.8) is 0 Å². The molecule has 2 rings (SSSR count). The standard InChI is InChI=1S/C14H22O4/c1-8-6-9-4-3-5-14(2,13(17)18)11(9)10(7-8)12(15)16/h8-11H,3-7H2,1-2H3,(H,15,16)(H,17,18). The molecule has 2 saturated carbocycles. The van der Waals surface area contributed by atoms with Gasteiger partial charge in [-0.05, 0) is 43.9 Å². The van der Waals surface area contributed by atoms with Gasteiger partial charge in [0, 0.05) is 0 Å². The van der Waals surface area contributed by atoms with Crippen LogP contribution in [0.4, 0.5) is 0 Å². The lowest BCUT2D eigenvalue weighted by molar-refractivity contribution is -0.168. The van der Waals surface area contributed by atoms with Crippen molar-refractivity contribution >= 4 is 11.9 Å². The smallest absolute Gasteiger partial charge is 0.309 e. The van der Waals surface area contributed by atoms with E-state index in [2.05, 4.69) is 6.92 Å². The average Bonchev–Trinajstić information content (AvgIpc) is 2.27. The van der Waals surface area contributed by atoms with Crippen molar-refractivity contribution in [1.82, 2.24) is 0 Å². The Morgan fingerprint density at radius 2 is 1.89 bits per heavy atom. The van der Waals surface area contributed by atoms with Gasteiger partial charge in [0.05, 0.1) is 11.3 Å². The highest BCUT2D eigenvalue weighted by atomic mass is 16.4. The zero-order valence-corrected chi connectivity index (χ0v) is 11.1. The van der Waals surface area contributed by atoms with Crippen LogP contribution in [-0.4, -0.2) is 22.2 Å². The van der Waals surface area contributed by atoms with Crippen LogP contribution >= 0.6 is 0 Å². The van der Waals surface area contributed by atoms with Crippen LogP contribution in [0.3, 0.4) is 0 Å². The lowest BCUT2D eigenvalue weighted by Crippen LogP contribution is -2.51. The molecule has 2 N–H and O–H groups in total. The minimum absolute atomic E-state index is 0.197. The van der Waals surface area contributed by atoms with Crippen molar-refractivity contribution in [2.24, 2.45) is 29.1 Å². The number of aliphatic carboxylic acids is 2. The Morgan fingerprint density at radius 3 is 2.44 bits per heavy atom. The van der Waals surface area contributed by atoms with Crippen LogP contribution in [-0.2, 0) is 9.59 Å². The fourth-order valence-corrected chi connectivity index (χ4v) is 4.33. The summed E-state index contributed by atoms with van der Waals surface area (Å²) < 4.78 is 0. The van der Waals surface area contributed by atoms with Crippen molar-refractivity contribution in [3.05, 3.63) is 0 Å². The van der Waals surface area contributed by atoms with Crippen molar-refractivity contribution < 1.29 is 19.8 Å². The summed E-state index contributed by atoms with van der Waals surface area (Å²) in [6.45, 7) is 3.83. The number of carboxylic acids is 2. The number of rotatable bonds is 2. The molecule has 0 aromatic heterocycles. The van der Waals surface area contributed by atoms with E-state index in [0.29, 0.717) is 18.8 Å². The average molecular weight is 254 g/mol. The molecule has 0 radical (unpaired) electrons. The maximum atomic E-state index is 11.6. The third-order valence-electron chi connectivity index (χ3n) is 5.12. The van der Waals surface area contributed by atoms with Gasteiger partial charge in [-0.2, -0.15) is 0 Å². The van der Waals surface area contributed by atoms with E-state index in [1.54, 1.807) is 6.92 Å². The second-order valence-electron chi connectivity index (χ2n) is 6.42. The van der Waals surface area contributed by atoms with Gasteiger partial charge >= 0.3 is 11.9 Å². The predicted molar refractivity (Wildman–Crippen MR) is 66.1 cm³/mol. The summed E-state index contributed by atoms with van der Waals surface area (Å²) in [6.07, 6.45) is 4.11. The zero-order valence-electron chi connectivity index (χ0n) is 11.1. The summed E-state index contributed by atoms with van der Waals surface area (Å²) in [6, 6.07) is 0. The second-order valence-corrected chi connectivity index (χ2v) is 6.42. The molecule has 2 fully saturated rings. The third-order valence-corrected chi connectivity index (χ3v) is 5.12. The Balaban J connectivity index is 2.36. The van der Waals surface area contributed by atoms with Crippen molar-refractivity contribution in [3.8, 4) is 0 Å². The van der Waals surface area contributed by atoms with Crippen LogP contribution in [0, 0.1) is 29.1 Å². The molecule has 4 heteroatoms. The first-order valence-corrected chi connectivity index (χ1v) is 6.82. The highest BCUT2D eigenvalue weighted by molar-refractivity contribution is 5.77. The molecule has 4 nitrogen and oxygen atoms in total. The molecular formula is C14H22O4. The Hall–Kier alpha value is -1.06. The number of fused-ring (bicyclic) bond motifs is 1. The molecule has 0 spiro atoms. The first-order valence-electron chi connectivity index (χ1n) is 6.82. The summed E-state index contributed by atoms with van der Waals surface area (Å²) in [7, 11) is 0. The fraction of sp³-hybridized carbons (Fsp3) is 0.857. The molecule has 0 aliphatic heterocycles. The van der Waals surface area contributed by atoms with Crippen LogP contribution in [0.25, 0.3) is 0 Å². The highest BCUT2D eigenvalue weighted by Gasteiger charge is 2.54. The van der Waals surface area contributed by atoms with Crippen LogP contribution < -0.4 is 0 Å². The number of hydrogen-bond acceptors (Lipinski definition) is 2. The van der Waals surface area contributed by atoms with E-state index >= 15 is 0 Å². The molecular weight excluding hydrogens is 232 g/mol. The van der Waals surface area contributed by atoms with Gasteiger partial charge in [-0.3, -0.25) is 9.59 Å². The van der Waals surface area contributed by atoms with E-state index in [-0.39, 0.29) is 11.8 Å². The quantitative estimate of drug-likeness (QED) is 0.794. The van der Waals surface area contributed by atoms with Gasteiger partial charge in [0.1, 0.15) is 0 Å². The van der Waals surface area contributed by atoms with Gasteiger partial charge < -0.3 is 10.2 Å². The topological polar surface area (TPSA) is 74.6 Å². The first kappa shape index (κ1) is 13.4. The molecule has 18 heavy (non-hydrogen) atoms. The van der Waals surface area contributed by atoms with Gasteiger partial charge in [-0.1, -0.05) is 19.8 Å². The van der Waals surface area contributed by atoms with Crippen molar-refractivity contribution in [2.45, 2.75) is 46.0 Å². The van der Waals surface area contributed by atoms with Gasteiger partial charge in [0.15, 0.2) is 0 Å². The molecule has 0 amide bonds. The van der Waals surface area contributed by atoms with E-state index in [0.717, 1.165) is 19.3 Å². The molecule has 5 unspecified atom stereocenters. The monoisotopic (exact) mass is 254 g/mol. The van der Waals surface area contributed by atoms with Crippen LogP contribution in [0.15, 0.2) is 0 Å². The SMILES string of the molecule is CC1CC2CCCC(C)(C(=O)O)C2C(C(=O)O)C1.